The Bertz CT molecular complexity index is 498. The Labute approximate surface area is 116 Å². The summed E-state index contributed by atoms with van der Waals surface area (Å²) in [5.74, 6) is -4.33. The molecule has 0 aliphatic carbocycles. The molecule has 3 nitrogen and oxygen atoms in total. The zero-order valence-corrected chi connectivity index (χ0v) is 11.8. The molecule has 0 fully saturated rings. The molecule has 0 aromatic heterocycles. The van der Waals surface area contributed by atoms with Gasteiger partial charge in [0.2, 0.25) is 5.91 Å². The van der Waals surface area contributed by atoms with E-state index in [1.54, 1.807) is 20.8 Å². The normalized spacial score (nSPS) is 13.2. The first-order valence-corrected chi connectivity index (χ1v) is 6.29. The van der Waals surface area contributed by atoms with E-state index in [1.807, 2.05) is 0 Å². The molecule has 0 saturated heterocycles. The van der Waals surface area contributed by atoms with Crippen molar-refractivity contribution in [3.8, 4) is 0 Å². The third-order valence-corrected chi connectivity index (χ3v) is 2.71. The van der Waals surface area contributed by atoms with Crippen LogP contribution in [0.5, 0.6) is 0 Å². The largest absolute Gasteiger partial charge is 0.351 e. The van der Waals surface area contributed by atoms with Crippen LogP contribution in [0.3, 0.4) is 0 Å². The lowest BCUT2D eigenvalue weighted by atomic mass is 9.96. The molecule has 0 radical (unpaired) electrons. The number of amides is 1. The van der Waals surface area contributed by atoms with E-state index in [0.717, 1.165) is 6.07 Å². The first kappa shape index (κ1) is 16.5. The van der Waals surface area contributed by atoms with Crippen molar-refractivity contribution in [1.82, 2.24) is 5.32 Å². The summed E-state index contributed by atoms with van der Waals surface area (Å²) in [5, 5.41) is 2.73. The second kappa shape index (κ2) is 6.26. The molecule has 1 aromatic carbocycles. The highest BCUT2D eigenvalue weighted by Crippen LogP contribution is 2.17. The van der Waals surface area contributed by atoms with Gasteiger partial charge in [-0.3, -0.25) is 4.79 Å². The molecule has 0 spiro atoms. The van der Waals surface area contributed by atoms with Gasteiger partial charge >= 0.3 is 0 Å². The number of benzene rings is 1. The van der Waals surface area contributed by atoms with Crippen molar-refractivity contribution in [1.29, 1.82) is 0 Å². The van der Waals surface area contributed by atoms with Crippen molar-refractivity contribution in [3.05, 3.63) is 35.1 Å². The summed E-state index contributed by atoms with van der Waals surface area (Å²) in [5.41, 5.74) is 4.99. The zero-order chi connectivity index (χ0) is 15.5. The predicted molar refractivity (Wildman–Crippen MR) is 70.5 cm³/mol. The summed E-state index contributed by atoms with van der Waals surface area (Å²) in [6.07, 6.45) is -0.0819. The molecular formula is C14H19F3N2O. The molecule has 6 heteroatoms. The highest BCUT2D eigenvalue weighted by atomic mass is 19.2. The van der Waals surface area contributed by atoms with E-state index in [9.17, 15) is 18.0 Å². The van der Waals surface area contributed by atoms with E-state index in [0.29, 0.717) is 6.07 Å². The van der Waals surface area contributed by atoms with Gasteiger partial charge in [0, 0.05) is 18.2 Å². The predicted octanol–water partition coefficient (Wildman–Crippen LogP) is 2.14. The number of hydrogen-bond donors (Lipinski definition) is 2. The second-order valence-electron chi connectivity index (χ2n) is 5.73. The first-order chi connectivity index (χ1) is 9.14. The monoisotopic (exact) mass is 288 g/mol. The zero-order valence-electron chi connectivity index (χ0n) is 11.8. The molecule has 3 N–H and O–H groups in total. The van der Waals surface area contributed by atoms with Gasteiger partial charge in [-0.25, -0.2) is 13.2 Å². The van der Waals surface area contributed by atoms with Crippen molar-refractivity contribution in [2.75, 3.05) is 6.54 Å². The minimum Gasteiger partial charge on any atom is -0.351 e. The van der Waals surface area contributed by atoms with Crippen LogP contribution in [0.25, 0.3) is 0 Å². The molecule has 0 aliphatic rings. The Morgan fingerprint density at radius 1 is 1.20 bits per heavy atom. The minimum atomic E-state index is -1.25. The summed E-state index contributed by atoms with van der Waals surface area (Å²) in [6.45, 7) is 5.39. The van der Waals surface area contributed by atoms with Crippen molar-refractivity contribution < 1.29 is 18.0 Å². The molecule has 1 atom stereocenters. The summed E-state index contributed by atoms with van der Waals surface area (Å²) in [7, 11) is 0. The van der Waals surface area contributed by atoms with E-state index in [2.05, 4.69) is 5.32 Å². The van der Waals surface area contributed by atoms with E-state index < -0.39 is 28.9 Å². The fraction of sp³-hybridized carbons (Fsp3) is 0.500. The Hall–Kier alpha value is -1.56. The Kier molecular flexibility index (Phi) is 5.16. The molecular weight excluding hydrogens is 269 g/mol. The molecule has 1 unspecified atom stereocenters. The van der Waals surface area contributed by atoms with Gasteiger partial charge in [0.1, 0.15) is 5.82 Å². The molecule has 20 heavy (non-hydrogen) atoms. The van der Waals surface area contributed by atoms with Crippen molar-refractivity contribution in [2.45, 2.75) is 32.7 Å². The summed E-state index contributed by atoms with van der Waals surface area (Å²) in [6, 6.07) is 1.23. The minimum absolute atomic E-state index is 0.0135. The third-order valence-electron chi connectivity index (χ3n) is 2.71. The smallest absolute Gasteiger partial charge is 0.225 e. The van der Waals surface area contributed by atoms with E-state index in [-0.39, 0.29) is 24.4 Å². The van der Waals surface area contributed by atoms with Crippen LogP contribution in [0.2, 0.25) is 0 Å². The fourth-order valence-corrected chi connectivity index (χ4v) is 1.74. The van der Waals surface area contributed by atoms with Gasteiger partial charge in [-0.1, -0.05) is 0 Å². The number of carbonyl (C=O) groups excluding carboxylic acids is 1. The number of hydrogen-bond acceptors (Lipinski definition) is 2. The van der Waals surface area contributed by atoms with Crippen LogP contribution < -0.4 is 11.1 Å². The van der Waals surface area contributed by atoms with Crippen LogP contribution in [-0.4, -0.2) is 18.0 Å². The third kappa shape index (κ3) is 4.52. The SMILES string of the molecule is CC(C)(C)NC(=O)C(CN)Cc1cc(F)c(F)cc1F. The maximum absolute atomic E-state index is 13.5. The summed E-state index contributed by atoms with van der Waals surface area (Å²) < 4.78 is 39.5. The van der Waals surface area contributed by atoms with Crippen LogP contribution in [0.15, 0.2) is 12.1 Å². The standard InChI is InChI=1S/C14H19F3N2O/c1-14(2,3)19-13(20)9(7-18)4-8-5-11(16)12(17)6-10(8)15/h5-6,9H,4,7,18H2,1-3H3,(H,19,20). The maximum atomic E-state index is 13.5. The molecule has 0 saturated carbocycles. The first-order valence-electron chi connectivity index (χ1n) is 6.29. The average molecular weight is 288 g/mol. The molecule has 1 rings (SSSR count). The fourth-order valence-electron chi connectivity index (χ4n) is 1.74. The Morgan fingerprint density at radius 3 is 2.25 bits per heavy atom. The molecule has 0 bridgehead atoms. The number of halogens is 3. The summed E-state index contributed by atoms with van der Waals surface area (Å²) in [4.78, 5) is 12.0. The highest BCUT2D eigenvalue weighted by molar-refractivity contribution is 5.79. The second-order valence-corrected chi connectivity index (χ2v) is 5.73. The number of nitrogens with two attached hydrogens (primary N) is 1. The number of nitrogens with one attached hydrogen (secondary N) is 1. The highest BCUT2D eigenvalue weighted by Gasteiger charge is 2.23. The van der Waals surface area contributed by atoms with Gasteiger partial charge in [-0.15, -0.1) is 0 Å². The molecule has 1 aromatic rings. The molecule has 0 aliphatic heterocycles. The van der Waals surface area contributed by atoms with Gasteiger partial charge in [0.05, 0.1) is 5.92 Å². The van der Waals surface area contributed by atoms with Gasteiger partial charge in [0.25, 0.3) is 0 Å². The van der Waals surface area contributed by atoms with E-state index >= 15 is 0 Å². The average Bonchev–Trinajstić information content (AvgIpc) is 2.29. The Balaban J connectivity index is 2.89. The van der Waals surface area contributed by atoms with Gasteiger partial charge < -0.3 is 11.1 Å². The quantitative estimate of drug-likeness (QED) is 0.834. The molecule has 112 valence electrons. The van der Waals surface area contributed by atoms with Crippen LogP contribution in [0.1, 0.15) is 26.3 Å². The van der Waals surface area contributed by atoms with Gasteiger partial charge in [-0.05, 0) is 38.8 Å². The van der Waals surface area contributed by atoms with Gasteiger partial charge in [-0.2, -0.15) is 0 Å². The maximum Gasteiger partial charge on any atom is 0.225 e. The lowest BCUT2D eigenvalue weighted by Crippen LogP contribution is -2.46. The van der Waals surface area contributed by atoms with E-state index in [4.69, 9.17) is 5.73 Å². The van der Waals surface area contributed by atoms with Crippen LogP contribution in [0, 0.1) is 23.4 Å². The van der Waals surface area contributed by atoms with Gasteiger partial charge in [0.15, 0.2) is 11.6 Å². The molecule has 0 heterocycles. The van der Waals surface area contributed by atoms with Crippen molar-refractivity contribution in [2.24, 2.45) is 11.7 Å². The van der Waals surface area contributed by atoms with Crippen molar-refractivity contribution >= 4 is 5.91 Å². The van der Waals surface area contributed by atoms with Crippen molar-refractivity contribution in [3.63, 3.8) is 0 Å². The van der Waals surface area contributed by atoms with Crippen LogP contribution in [-0.2, 0) is 11.2 Å². The topological polar surface area (TPSA) is 55.1 Å². The number of rotatable bonds is 4. The number of carbonyl (C=O) groups is 1. The van der Waals surface area contributed by atoms with Crippen LogP contribution in [0.4, 0.5) is 13.2 Å². The molecule has 1 amide bonds. The Morgan fingerprint density at radius 2 is 1.75 bits per heavy atom. The van der Waals surface area contributed by atoms with Crippen LogP contribution >= 0.6 is 0 Å². The lowest BCUT2D eigenvalue weighted by molar-refractivity contribution is -0.126. The van der Waals surface area contributed by atoms with E-state index in [1.165, 1.54) is 0 Å². The summed E-state index contributed by atoms with van der Waals surface area (Å²) >= 11 is 0. The lowest BCUT2D eigenvalue weighted by Gasteiger charge is -2.24.